The minimum absolute atomic E-state index is 0.247. The first-order chi connectivity index (χ1) is 10.7. The molecule has 0 saturated carbocycles. The minimum Gasteiger partial charge on any atom is -0.331 e. The van der Waals surface area contributed by atoms with Crippen molar-refractivity contribution in [3.05, 3.63) is 65.0 Å². The molecule has 3 aromatic rings. The molecule has 0 saturated heterocycles. The third kappa shape index (κ3) is 2.95. The Morgan fingerprint density at radius 1 is 1.14 bits per heavy atom. The number of hydrogen-bond acceptors (Lipinski definition) is 4. The first kappa shape index (κ1) is 14.2. The quantitative estimate of drug-likeness (QED) is 0.762. The van der Waals surface area contributed by atoms with E-state index >= 15 is 0 Å². The second-order valence-electron chi connectivity index (χ2n) is 4.48. The van der Waals surface area contributed by atoms with Gasteiger partial charge in [-0.1, -0.05) is 6.07 Å². The van der Waals surface area contributed by atoms with E-state index in [0.717, 1.165) is 11.8 Å². The van der Waals surface area contributed by atoms with Gasteiger partial charge in [0.15, 0.2) is 5.13 Å². The predicted molar refractivity (Wildman–Crippen MR) is 81.9 cm³/mol. The molecule has 0 fully saturated rings. The summed E-state index contributed by atoms with van der Waals surface area (Å²) in [7, 11) is 0. The van der Waals surface area contributed by atoms with Crippen LogP contribution in [0.3, 0.4) is 0 Å². The number of nitrogens with one attached hydrogen (secondary N) is 1. The summed E-state index contributed by atoms with van der Waals surface area (Å²) in [5.74, 6) is -1.27. The fraction of sp³-hybridized carbons (Fsp3) is 0. The number of anilines is 2. The minimum atomic E-state index is -0.650. The Hall–Kier alpha value is -2.78. The van der Waals surface area contributed by atoms with E-state index in [-0.39, 0.29) is 5.56 Å². The number of nitrogens with zero attached hydrogens (tertiary/aromatic N) is 2. The summed E-state index contributed by atoms with van der Waals surface area (Å²) in [5, 5.41) is 14.2. The van der Waals surface area contributed by atoms with E-state index in [1.54, 1.807) is 29.6 Å². The standard InChI is InChI=1S/C16H9F2N3S/c17-11-4-5-13(14(18)7-11)15-9-22-16(21-15)20-12-3-1-2-10(6-12)8-19/h1-7,9H,(H,20,21). The number of benzene rings is 2. The van der Waals surface area contributed by atoms with E-state index in [9.17, 15) is 8.78 Å². The zero-order valence-corrected chi connectivity index (χ0v) is 12.0. The van der Waals surface area contributed by atoms with Crippen molar-refractivity contribution in [1.29, 1.82) is 5.26 Å². The maximum absolute atomic E-state index is 13.7. The molecule has 1 heterocycles. The lowest BCUT2D eigenvalue weighted by atomic mass is 10.1. The molecular weight excluding hydrogens is 304 g/mol. The van der Waals surface area contributed by atoms with Crippen LogP contribution < -0.4 is 5.32 Å². The maximum Gasteiger partial charge on any atom is 0.187 e. The van der Waals surface area contributed by atoms with Gasteiger partial charge >= 0.3 is 0 Å². The average molecular weight is 313 g/mol. The van der Waals surface area contributed by atoms with Crippen molar-refractivity contribution < 1.29 is 8.78 Å². The lowest BCUT2D eigenvalue weighted by Crippen LogP contribution is -1.91. The van der Waals surface area contributed by atoms with Crippen LogP contribution in [0.1, 0.15) is 5.56 Å². The van der Waals surface area contributed by atoms with E-state index in [4.69, 9.17) is 5.26 Å². The van der Waals surface area contributed by atoms with Gasteiger partial charge in [-0.25, -0.2) is 13.8 Å². The first-order valence-electron chi connectivity index (χ1n) is 6.34. The molecule has 0 bridgehead atoms. The van der Waals surface area contributed by atoms with Gasteiger partial charge in [-0.15, -0.1) is 11.3 Å². The number of aromatic nitrogens is 1. The predicted octanol–water partition coefficient (Wildman–Crippen LogP) is 4.70. The molecule has 1 N–H and O–H groups in total. The fourth-order valence-electron chi connectivity index (χ4n) is 1.94. The lowest BCUT2D eigenvalue weighted by Gasteiger charge is -2.02. The van der Waals surface area contributed by atoms with Gasteiger partial charge in [0.05, 0.1) is 17.3 Å². The number of nitriles is 1. The first-order valence-corrected chi connectivity index (χ1v) is 7.22. The van der Waals surface area contributed by atoms with Gasteiger partial charge in [0.25, 0.3) is 0 Å². The van der Waals surface area contributed by atoms with Crippen LogP contribution in [-0.2, 0) is 0 Å². The van der Waals surface area contributed by atoms with Gasteiger partial charge in [0, 0.05) is 22.7 Å². The van der Waals surface area contributed by atoms with Crippen molar-refractivity contribution in [2.45, 2.75) is 0 Å². The van der Waals surface area contributed by atoms with E-state index in [0.29, 0.717) is 16.4 Å². The smallest absolute Gasteiger partial charge is 0.187 e. The third-order valence-corrected chi connectivity index (χ3v) is 3.71. The molecule has 3 nitrogen and oxygen atoms in total. The van der Waals surface area contributed by atoms with E-state index in [1.165, 1.54) is 23.5 Å². The largest absolute Gasteiger partial charge is 0.331 e. The van der Waals surface area contributed by atoms with Crippen LogP contribution in [0, 0.1) is 23.0 Å². The fourth-order valence-corrected chi connectivity index (χ4v) is 2.67. The highest BCUT2D eigenvalue weighted by Crippen LogP contribution is 2.29. The highest BCUT2D eigenvalue weighted by Gasteiger charge is 2.10. The molecule has 0 aliphatic heterocycles. The Balaban J connectivity index is 1.86. The van der Waals surface area contributed by atoms with Crippen molar-refractivity contribution in [2.75, 3.05) is 5.32 Å². The summed E-state index contributed by atoms with van der Waals surface area (Å²) in [5.41, 5.74) is 1.93. The number of thiazole rings is 1. The van der Waals surface area contributed by atoms with Gasteiger partial charge in [0.2, 0.25) is 0 Å². The molecule has 6 heteroatoms. The van der Waals surface area contributed by atoms with Crippen molar-refractivity contribution in [3.63, 3.8) is 0 Å². The van der Waals surface area contributed by atoms with Crippen LogP contribution >= 0.6 is 11.3 Å². The topological polar surface area (TPSA) is 48.7 Å². The Kier molecular flexibility index (Phi) is 3.81. The van der Waals surface area contributed by atoms with Crippen molar-refractivity contribution in [2.24, 2.45) is 0 Å². The molecule has 0 atom stereocenters. The van der Waals surface area contributed by atoms with Crippen LogP contribution in [-0.4, -0.2) is 4.98 Å². The molecule has 0 unspecified atom stereocenters. The summed E-state index contributed by atoms with van der Waals surface area (Å²) in [6, 6.07) is 12.4. The SMILES string of the molecule is N#Cc1cccc(Nc2nc(-c3ccc(F)cc3F)cs2)c1. The van der Waals surface area contributed by atoms with E-state index < -0.39 is 11.6 Å². The molecule has 3 rings (SSSR count). The van der Waals surface area contributed by atoms with Crippen LogP contribution in [0.25, 0.3) is 11.3 Å². The third-order valence-electron chi connectivity index (χ3n) is 2.95. The van der Waals surface area contributed by atoms with Crippen LogP contribution in [0.15, 0.2) is 47.8 Å². The van der Waals surface area contributed by atoms with Crippen LogP contribution in [0.2, 0.25) is 0 Å². The summed E-state index contributed by atoms with van der Waals surface area (Å²) >= 11 is 1.30. The van der Waals surface area contributed by atoms with Gasteiger partial charge in [0.1, 0.15) is 11.6 Å². The number of rotatable bonds is 3. The molecule has 0 radical (unpaired) electrons. The molecule has 108 valence electrons. The van der Waals surface area contributed by atoms with Gasteiger partial charge in [-0.2, -0.15) is 5.26 Å². The average Bonchev–Trinajstić information content (AvgIpc) is 2.95. The summed E-state index contributed by atoms with van der Waals surface area (Å²) in [6.07, 6.45) is 0. The number of halogens is 2. The Labute approximate surface area is 129 Å². The zero-order valence-electron chi connectivity index (χ0n) is 11.2. The van der Waals surface area contributed by atoms with Crippen LogP contribution in [0.4, 0.5) is 19.6 Å². The summed E-state index contributed by atoms with van der Waals surface area (Å²) < 4.78 is 26.7. The molecule has 0 aliphatic rings. The maximum atomic E-state index is 13.7. The Morgan fingerprint density at radius 3 is 2.77 bits per heavy atom. The molecule has 0 spiro atoms. The monoisotopic (exact) mass is 313 g/mol. The number of hydrogen-bond donors (Lipinski definition) is 1. The molecule has 0 aliphatic carbocycles. The molecule has 1 aromatic heterocycles. The summed E-state index contributed by atoms with van der Waals surface area (Å²) in [4.78, 5) is 4.28. The molecule has 0 amide bonds. The second kappa shape index (κ2) is 5.92. The van der Waals surface area contributed by atoms with E-state index in [2.05, 4.69) is 16.4 Å². The molecule has 2 aromatic carbocycles. The van der Waals surface area contributed by atoms with Gasteiger partial charge < -0.3 is 5.32 Å². The Morgan fingerprint density at radius 2 is 2.00 bits per heavy atom. The van der Waals surface area contributed by atoms with Gasteiger partial charge in [-0.05, 0) is 30.3 Å². The van der Waals surface area contributed by atoms with Crippen molar-refractivity contribution >= 4 is 22.2 Å². The van der Waals surface area contributed by atoms with Crippen molar-refractivity contribution in [3.8, 4) is 17.3 Å². The normalized spacial score (nSPS) is 10.2. The zero-order chi connectivity index (χ0) is 15.5. The second-order valence-corrected chi connectivity index (χ2v) is 5.34. The lowest BCUT2D eigenvalue weighted by molar-refractivity contribution is 0.585. The molecular formula is C16H9F2N3S. The highest BCUT2D eigenvalue weighted by molar-refractivity contribution is 7.14. The van der Waals surface area contributed by atoms with Crippen LogP contribution in [0.5, 0.6) is 0 Å². The van der Waals surface area contributed by atoms with E-state index in [1.807, 2.05) is 0 Å². The van der Waals surface area contributed by atoms with Crippen molar-refractivity contribution in [1.82, 2.24) is 4.98 Å². The Bertz CT molecular complexity index is 868. The summed E-state index contributed by atoms with van der Waals surface area (Å²) in [6.45, 7) is 0. The highest BCUT2D eigenvalue weighted by atomic mass is 32.1. The van der Waals surface area contributed by atoms with Gasteiger partial charge in [-0.3, -0.25) is 0 Å². The molecule has 22 heavy (non-hydrogen) atoms.